The minimum atomic E-state index is -4.09. The fourth-order valence-electron chi connectivity index (χ4n) is 4.63. The molecule has 0 aromatic heterocycles. The van der Waals surface area contributed by atoms with Crippen LogP contribution in [0, 0.1) is 0 Å². The van der Waals surface area contributed by atoms with Crippen molar-refractivity contribution in [1.82, 2.24) is 9.62 Å². The highest BCUT2D eigenvalue weighted by atomic mass is 32.2. The number of carbonyl (C=O) groups is 1. The van der Waals surface area contributed by atoms with Crippen molar-refractivity contribution in [2.45, 2.75) is 56.0 Å². The number of sulfonamides is 1. The van der Waals surface area contributed by atoms with E-state index in [4.69, 9.17) is 5.73 Å². The number of anilines is 1. The summed E-state index contributed by atoms with van der Waals surface area (Å²) in [6.07, 6.45) is 0.582. The molecule has 2 atom stereocenters. The number of amides is 1. The summed E-state index contributed by atoms with van der Waals surface area (Å²) in [6.45, 7) is 2.50. The third-order valence-electron chi connectivity index (χ3n) is 6.43. The number of likely N-dealkylation sites (tertiary alicyclic amines) is 1. The van der Waals surface area contributed by atoms with E-state index in [-0.39, 0.29) is 55.6 Å². The summed E-state index contributed by atoms with van der Waals surface area (Å²) >= 11 is 0. The second kappa shape index (κ2) is 10.9. The van der Waals surface area contributed by atoms with Gasteiger partial charge in [-0.2, -0.15) is 13.5 Å². The lowest BCUT2D eigenvalue weighted by atomic mass is 10.0. The standard InChI is InChI=1S/C22H32F2N4O4S/c1-2-17-19(28-10-4-5-16(28)14-29)6-3-7-20(17)33(31,32)26-18(13-25)22(30)27-11-8-15(9-12-27)21(23)24/h3,6-7,16,18,26,29H,2,4-5,8-14,25H2,1H3/t16-,18-/m0/s1. The van der Waals surface area contributed by atoms with E-state index in [0.717, 1.165) is 25.1 Å². The van der Waals surface area contributed by atoms with Crippen molar-refractivity contribution < 1.29 is 27.1 Å². The summed E-state index contributed by atoms with van der Waals surface area (Å²) < 4.78 is 54.7. The largest absolute Gasteiger partial charge is 0.394 e. The molecule has 1 aromatic rings. The molecule has 0 saturated carbocycles. The maximum absolute atomic E-state index is 13.3. The van der Waals surface area contributed by atoms with E-state index in [1.807, 2.05) is 17.9 Å². The lowest BCUT2D eigenvalue weighted by molar-refractivity contribution is -0.133. The van der Waals surface area contributed by atoms with Gasteiger partial charge in [-0.3, -0.25) is 4.79 Å². The predicted octanol–water partition coefficient (Wildman–Crippen LogP) is 1.59. The molecule has 2 heterocycles. The second-order valence-corrected chi connectivity index (χ2v) is 10.1. The first-order valence-corrected chi connectivity index (χ1v) is 12.7. The lowest BCUT2D eigenvalue weighted by Gasteiger charge is -2.31. The molecule has 184 valence electrons. The number of benzene rings is 1. The Hall–Kier alpha value is -2.08. The molecule has 33 heavy (non-hydrogen) atoms. The summed E-state index contributed by atoms with van der Waals surface area (Å²) in [7, 11) is -4.09. The maximum Gasteiger partial charge on any atom is 0.269 e. The Kier molecular flexibility index (Phi) is 8.43. The fraction of sp³-hybridized carbons (Fsp3) is 0.591. The maximum atomic E-state index is 13.3. The minimum Gasteiger partial charge on any atom is -0.394 e. The van der Waals surface area contributed by atoms with Crippen molar-refractivity contribution in [3.63, 3.8) is 0 Å². The summed E-state index contributed by atoms with van der Waals surface area (Å²) in [4.78, 5) is 16.4. The smallest absolute Gasteiger partial charge is 0.269 e. The van der Waals surface area contributed by atoms with Gasteiger partial charge in [-0.15, -0.1) is 0 Å². The lowest BCUT2D eigenvalue weighted by Crippen LogP contribution is -2.53. The van der Waals surface area contributed by atoms with E-state index >= 15 is 0 Å². The van der Waals surface area contributed by atoms with E-state index in [9.17, 15) is 27.1 Å². The molecule has 4 N–H and O–H groups in total. The van der Waals surface area contributed by atoms with E-state index in [1.54, 1.807) is 6.07 Å². The highest BCUT2D eigenvalue weighted by Crippen LogP contribution is 2.33. The number of hydrogen-bond donors (Lipinski definition) is 3. The van der Waals surface area contributed by atoms with E-state index < -0.39 is 28.1 Å². The van der Waals surface area contributed by atoms with Crippen molar-refractivity contribution in [3.8, 4) is 0 Å². The van der Waals surface area contributed by atoms with Crippen LogP contribution < -0.4 is 15.4 Å². The predicted molar refractivity (Wildman–Crippen MR) is 121 cm³/mol. The van der Waals surface area contributed by atoms with E-state index in [2.05, 4.69) is 4.72 Å². The number of nitrogens with two attached hydrogens (primary N) is 1. The highest BCUT2D eigenvalue weighted by Gasteiger charge is 2.33. The minimum absolute atomic E-state index is 0.0127. The quantitative estimate of drug-likeness (QED) is 0.514. The third-order valence-corrected chi connectivity index (χ3v) is 7.98. The normalized spacial score (nSPS) is 20.3. The number of hydrogen-bond acceptors (Lipinski definition) is 6. The van der Waals surface area contributed by atoms with Crippen molar-refractivity contribution >= 4 is 21.6 Å². The van der Waals surface area contributed by atoms with Gasteiger partial charge in [-0.25, -0.2) is 8.42 Å². The number of piperidine rings is 1. The Balaban J connectivity index is 1.82. The molecule has 0 spiro atoms. The van der Waals surface area contributed by atoms with Gasteiger partial charge in [0.25, 0.3) is 6.08 Å². The zero-order chi connectivity index (χ0) is 24.2. The van der Waals surface area contributed by atoms with Gasteiger partial charge < -0.3 is 20.6 Å². The molecular formula is C22H32F2N4O4S. The number of halogens is 2. The molecule has 0 radical (unpaired) electrons. The zero-order valence-corrected chi connectivity index (χ0v) is 19.6. The molecule has 2 saturated heterocycles. The number of carbonyl (C=O) groups excluding carboxylic acids is 1. The van der Waals surface area contributed by atoms with Gasteiger partial charge in [0, 0.05) is 31.9 Å². The van der Waals surface area contributed by atoms with Crippen LogP contribution in [0.1, 0.15) is 38.2 Å². The first kappa shape index (κ1) is 25.5. The van der Waals surface area contributed by atoms with Crippen LogP contribution in [0.15, 0.2) is 34.7 Å². The van der Waals surface area contributed by atoms with Crippen molar-refractivity contribution in [3.05, 3.63) is 35.4 Å². The monoisotopic (exact) mass is 486 g/mol. The molecule has 2 aliphatic rings. The average molecular weight is 487 g/mol. The Morgan fingerprint density at radius 2 is 1.97 bits per heavy atom. The first-order valence-electron chi connectivity index (χ1n) is 11.3. The van der Waals surface area contributed by atoms with Crippen LogP contribution >= 0.6 is 0 Å². The molecule has 0 unspecified atom stereocenters. The van der Waals surface area contributed by atoms with Gasteiger partial charge in [0.05, 0.1) is 17.5 Å². The number of aliphatic hydroxyl groups is 1. The number of nitrogens with zero attached hydrogens (tertiary/aromatic N) is 2. The molecule has 3 rings (SSSR count). The Bertz CT molecular complexity index is 988. The summed E-state index contributed by atoms with van der Waals surface area (Å²) in [6, 6.07) is 3.74. The van der Waals surface area contributed by atoms with Crippen LogP contribution in [0.4, 0.5) is 14.5 Å². The van der Waals surface area contributed by atoms with E-state index in [1.165, 1.54) is 11.0 Å². The molecule has 8 nitrogen and oxygen atoms in total. The Morgan fingerprint density at radius 1 is 1.27 bits per heavy atom. The molecular weight excluding hydrogens is 454 g/mol. The van der Waals surface area contributed by atoms with Crippen molar-refractivity contribution in [1.29, 1.82) is 0 Å². The number of nitrogens with one attached hydrogen (secondary N) is 1. The van der Waals surface area contributed by atoms with E-state index in [0.29, 0.717) is 12.0 Å². The first-order chi connectivity index (χ1) is 15.7. The summed E-state index contributed by atoms with van der Waals surface area (Å²) in [5, 5.41) is 9.70. The molecule has 0 aliphatic carbocycles. The molecule has 0 bridgehead atoms. The molecule has 11 heteroatoms. The van der Waals surface area contributed by atoms with Crippen LogP contribution in [0.25, 0.3) is 0 Å². The van der Waals surface area contributed by atoms with Crippen LogP contribution in [-0.2, 0) is 21.2 Å². The topological polar surface area (TPSA) is 116 Å². The molecule has 1 amide bonds. The van der Waals surface area contributed by atoms with Gasteiger partial charge in [-0.05, 0) is 55.4 Å². The van der Waals surface area contributed by atoms with Gasteiger partial charge in [-0.1, -0.05) is 13.0 Å². The van der Waals surface area contributed by atoms with Crippen LogP contribution in [-0.4, -0.2) is 69.2 Å². The SMILES string of the molecule is CCc1c(N2CCC[C@H]2CO)cccc1S(=O)(=O)N[C@@H](CN)C(=O)N1CCC(=C(F)F)CC1. The number of rotatable bonds is 8. The number of aliphatic hydroxyl groups excluding tert-OH is 1. The van der Waals surface area contributed by atoms with Crippen molar-refractivity contribution in [2.24, 2.45) is 5.73 Å². The fourth-order valence-corrected chi connectivity index (χ4v) is 6.16. The molecule has 2 aliphatic heterocycles. The van der Waals surface area contributed by atoms with Crippen molar-refractivity contribution in [2.75, 3.05) is 37.7 Å². The summed E-state index contributed by atoms with van der Waals surface area (Å²) in [5.41, 5.74) is 7.13. The zero-order valence-electron chi connectivity index (χ0n) is 18.8. The van der Waals surface area contributed by atoms with Gasteiger partial charge in [0.1, 0.15) is 6.04 Å². The van der Waals surface area contributed by atoms with Crippen LogP contribution in [0.3, 0.4) is 0 Å². The highest BCUT2D eigenvalue weighted by molar-refractivity contribution is 7.89. The second-order valence-electron chi connectivity index (χ2n) is 8.38. The molecule has 1 aromatic carbocycles. The average Bonchev–Trinajstić information content (AvgIpc) is 3.30. The van der Waals surface area contributed by atoms with Crippen LogP contribution in [0.2, 0.25) is 0 Å². The summed E-state index contributed by atoms with van der Waals surface area (Å²) in [5.74, 6) is -0.520. The van der Waals surface area contributed by atoms with Gasteiger partial charge >= 0.3 is 0 Å². The third kappa shape index (κ3) is 5.53. The van der Waals surface area contributed by atoms with Gasteiger partial charge in [0.15, 0.2) is 0 Å². The van der Waals surface area contributed by atoms with Crippen LogP contribution in [0.5, 0.6) is 0 Å². The van der Waals surface area contributed by atoms with Gasteiger partial charge in [0.2, 0.25) is 15.9 Å². The Morgan fingerprint density at radius 3 is 2.55 bits per heavy atom. The molecule has 2 fully saturated rings. The Labute approximate surface area is 193 Å².